The molecule has 1 amide bonds. The maximum atomic E-state index is 13.0. The van der Waals surface area contributed by atoms with Crippen molar-refractivity contribution in [2.45, 2.75) is 18.4 Å². The standard InChI is InChI=1S/C19H19NO3S/c1-13-6-8-14(9-7-13)19-20(10-11-24-19)18(21)17-12-22-15-4-2-3-5-16(15)23-17/h2-9,17,19H,10-12H2,1H3. The second-order valence-electron chi connectivity index (χ2n) is 6.03. The van der Waals surface area contributed by atoms with Crippen molar-refractivity contribution in [3.8, 4) is 11.5 Å². The summed E-state index contributed by atoms with van der Waals surface area (Å²) in [6, 6.07) is 15.9. The van der Waals surface area contributed by atoms with Crippen LogP contribution in [0.3, 0.4) is 0 Å². The Labute approximate surface area is 145 Å². The molecule has 2 heterocycles. The summed E-state index contributed by atoms with van der Waals surface area (Å²) >= 11 is 1.80. The third-order valence-corrected chi connectivity index (χ3v) is 5.58. The highest BCUT2D eigenvalue weighted by Crippen LogP contribution is 2.39. The molecule has 2 aliphatic heterocycles. The van der Waals surface area contributed by atoms with Gasteiger partial charge in [0.15, 0.2) is 11.5 Å². The highest BCUT2D eigenvalue weighted by Gasteiger charge is 2.37. The molecule has 5 heteroatoms. The minimum absolute atomic E-state index is 0.0000723. The molecular weight excluding hydrogens is 322 g/mol. The number of hydrogen-bond acceptors (Lipinski definition) is 4. The van der Waals surface area contributed by atoms with Crippen LogP contribution in [-0.4, -0.2) is 35.8 Å². The van der Waals surface area contributed by atoms with Gasteiger partial charge >= 0.3 is 0 Å². The van der Waals surface area contributed by atoms with Crippen molar-refractivity contribution in [3.63, 3.8) is 0 Å². The lowest BCUT2D eigenvalue weighted by Crippen LogP contribution is -2.46. The molecule has 0 saturated carbocycles. The van der Waals surface area contributed by atoms with Gasteiger partial charge in [-0.1, -0.05) is 42.0 Å². The molecule has 2 atom stereocenters. The molecule has 0 aliphatic carbocycles. The summed E-state index contributed by atoms with van der Waals surface area (Å²) in [5.41, 5.74) is 2.38. The zero-order valence-corrected chi connectivity index (χ0v) is 14.3. The van der Waals surface area contributed by atoms with Crippen LogP contribution in [-0.2, 0) is 4.79 Å². The van der Waals surface area contributed by atoms with Crippen LogP contribution >= 0.6 is 11.8 Å². The number of carbonyl (C=O) groups excluding carboxylic acids is 1. The van der Waals surface area contributed by atoms with Crippen LogP contribution < -0.4 is 9.47 Å². The summed E-state index contributed by atoms with van der Waals surface area (Å²) in [7, 11) is 0. The van der Waals surface area contributed by atoms with Crippen molar-refractivity contribution < 1.29 is 14.3 Å². The lowest BCUT2D eigenvalue weighted by molar-refractivity contribution is -0.141. The van der Waals surface area contributed by atoms with Crippen molar-refractivity contribution in [2.75, 3.05) is 18.9 Å². The van der Waals surface area contributed by atoms with E-state index < -0.39 is 6.10 Å². The Morgan fingerprint density at radius 3 is 2.67 bits per heavy atom. The Hall–Kier alpha value is -2.14. The molecule has 2 unspecified atom stereocenters. The van der Waals surface area contributed by atoms with E-state index in [4.69, 9.17) is 9.47 Å². The van der Waals surface area contributed by atoms with Gasteiger partial charge in [0, 0.05) is 12.3 Å². The van der Waals surface area contributed by atoms with Crippen molar-refractivity contribution in [2.24, 2.45) is 0 Å². The molecule has 24 heavy (non-hydrogen) atoms. The average molecular weight is 341 g/mol. The molecule has 0 bridgehead atoms. The number of benzene rings is 2. The molecule has 2 aromatic rings. The minimum atomic E-state index is -0.577. The first-order valence-electron chi connectivity index (χ1n) is 8.09. The predicted octanol–water partition coefficient (Wildman–Crippen LogP) is 3.41. The Morgan fingerprint density at radius 2 is 1.88 bits per heavy atom. The van der Waals surface area contributed by atoms with Crippen LogP contribution in [0, 0.1) is 6.92 Å². The van der Waals surface area contributed by atoms with E-state index in [1.54, 1.807) is 11.8 Å². The van der Waals surface area contributed by atoms with Crippen LogP contribution in [0.25, 0.3) is 0 Å². The topological polar surface area (TPSA) is 38.8 Å². The monoisotopic (exact) mass is 341 g/mol. The van der Waals surface area contributed by atoms with Gasteiger partial charge in [0.05, 0.1) is 0 Å². The first-order chi connectivity index (χ1) is 11.7. The first kappa shape index (κ1) is 15.4. The Bertz CT molecular complexity index is 747. The summed E-state index contributed by atoms with van der Waals surface area (Å²) in [4.78, 5) is 14.9. The van der Waals surface area contributed by atoms with E-state index in [-0.39, 0.29) is 17.9 Å². The quantitative estimate of drug-likeness (QED) is 0.839. The first-order valence-corrected chi connectivity index (χ1v) is 9.14. The fourth-order valence-electron chi connectivity index (χ4n) is 3.03. The van der Waals surface area contributed by atoms with E-state index in [9.17, 15) is 4.79 Å². The second-order valence-corrected chi connectivity index (χ2v) is 7.22. The van der Waals surface area contributed by atoms with Gasteiger partial charge in [-0.2, -0.15) is 0 Å². The van der Waals surface area contributed by atoms with Crippen molar-refractivity contribution >= 4 is 17.7 Å². The van der Waals surface area contributed by atoms with E-state index in [0.29, 0.717) is 11.5 Å². The Kier molecular flexibility index (Phi) is 4.10. The van der Waals surface area contributed by atoms with Crippen LogP contribution in [0.2, 0.25) is 0 Å². The minimum Gasteiger partial charge on any atom is -0.485 e. The number of thioether (sulfide) groups is 1. The van der Waals surface area contributed by atoms with E-state index in [1.807, 2.05) is 29.2 Å². The number of rotatable bonds is 2. The molecule has 1 fully saturated rings. The highest BCUT2D eigenvalue weighted by atomic mass is 32.2. The molecule has 4 rings (SSSR count). The number of para-hydroxylation sites is 2. The molecular formula is C19H19NO3S. The number of amides is 1. The fourth-order valence-corrected chi connectivity index (χ4v) is 4.29. The molecule has 0 spiro atoms. The van der Waals surface area contributed by atoms with Gasteiger partial charge in [-0.15, -0.1) is 11.8 Å². The van der Waals surface area contributed by atoms with Gasteiger partial charge in [-0.3, -0.25) is 4.79 Å². The van der Waals surface area contributed by atoms with Gasteiger partial charge in [0.25, 0.3) is 5.91 Å². The summed E-state index contributed by atoms with van der Waals surface area (Å²) in [6.07, 6.45) is -0.577. The highest BCUT2D eigenvalue weighted by molar-refractivity contribution is 7.99. The zero-order valence-electron chi connectivity index (χ0n) is 13.5. The van der Waals surface area contributed by atoms with Gasteiger partial charge in [0.1, 0.15) is 12.0 Å². The molecule has 4 nitrogen and oxygen atoms in total. The normalized spacial score (nSPS) is 22.5. The van der Waals surface area contributed by atoms with E-state index in [1.165, 1.54) is 5.56 Å². The molecule has 2 aromatic carbocycles. The predicted molar refractivity (Wildman–Crippen MR) is 94.4 cm³/mol. The van der Waals surface area contributed by atoms with E-state index in [0.717, 1.165) is 17.9 Å². The van der Waals surface area contributed by atoms with E-state index in [2.05, 4.69) is 31.2 Å². The third-order valence-electron chi connectivity index (χ3n) is 4.32. The van der Waals surface area contributed by atoms with Gasteiger partial charge < -0.3 is 14.4 Å². The summed E-state index contributed by atoms with van der Waals surface area (Å²) in [5, 5.41) is 0.0545. The lowest BCUT2D eigenvalue weighted by atomic mass is 10.1. The van der Waals surface area contributed by atoms with Crippen LogP contribution in [0.5, 0.6) is 11.5 Å². The largest absolute Gasteiger partial charge is 0.485 e. The second kappa shape index (κ2) is 6.40. The van der Waals surface area contributed by atoms with Gasteiger partial charge in [-0.25, -0.2) is 0 Å². The van der Waals surface area contributed by atoms with Crippen molar-refractivity contribution in [1.82, 2.24) is 4.90 Å². The van der Waals surface area contributed by atoms with Crippen molar-refractivity contribution in [1.29, 1.82) is 0 Å². The number of carbonyl (C=O) groups is 1. The third kappa shape index (κ3) is 2.84. The molecule has 0 aromatic heterocycles. The number of ether oxygens (including phenoxy) is 2. The molecule has 124 valence electrons. The molecule has 1 saturated heterocycles. The van der Waals surface area contributed by atoms with Crippen LogP contribution in [0.4, 0.5) is 0 Å². The van der Waals surface area contributed by atoms with Crippen LogP contribution in [0.1, 0.15) is 16.5 Å². The summed E-state index contributed by atoms with van der Waals surface area (Å²) < 4.78 is 11.6. The number of fused-ring (bicyclic) bond motifs is 1. The number of nitrogens with zero attached hydrogens (tertiary/aromatic N) is 1. The maximum Gasteiger partial charge on any atom is 0.268 e. The number of aryl methyl sites for hydroxylation is 1. The smallest absolute Gasteiger partial charge is 0.268 e. The summed E-state index contributed by atoms with van der Waals surface area (Å²) in [5.74, 6) is 2.28. The Balaban J connectivity index is 1.52. The molecule has 2 aliphatic rings. The summed E-state index contributed by atoms with van der Waals surface area (Å²) in [6.45, 7) is 3.07. The Morgan fingerprint density at radius 1 is 1.12 bits per heavy atom. The van der Waals surface area contributed by atoms with Crippen LogP contribution in [0.15, 0.2) is 48.5 Å². The van der Waals surface area contributed by atoms with E-state index >= 15 is 0 Å². The lowest BCUT2D eigenvalue weighted by Gasteiger charge is -2.31. The average Bonchev–Trinajstić information content (AvgIpc) is 3.11. The molecule has 0 radical (unpaired) electrons. The maximum absolute atomic E-state index is 13.0. The SMILES string of the molecule is Cc1ccc(C2SCCN2C(=O)C2COc3ccccc3O2)cc1. The molecule has 0 N–H and O–H groups in total. The van der Waals surface area contributed by atoms with Gasteiger partial charge in [-0.05, 0) is 24.6 Å². The fraction of sp³-hybridized carbons (Fsp3) is 0.316. The number of hydrogen-bond donors (Lipinski definition) is 0. The van der Waals surface area contributed by atoms with Gasteiger partial charge in [0.2, 0.25) is 6.10 Å². The van der Waals surface area contributed by atoms with Crippen molar-refractivity contribution in [3.05, 3.63) is 59.7 Å². The zero-order chi connectivity index (χ0) is 16.5.